The fraction of sp³-hybridized carbons (Fsp3) is 0.286. The summed E-state index contributed by atoms with van der Waals surface area (Å²) >= 11 is 14.3. The molecule has 0 aliphatic rings. The fourth-order valence-electron chi connectivity index (χ4n) is 2.00. The highest BCUT2D eigenvalue weighted by Crippen LogP contribution is 2.37. The Bertz CT molecular complexity index is 516. The number of halogens is 2. The molecule has 0 saturated carbocycles. The van der Waals surface area contributed by atoms with Gasteiger partial charge in [-0.2, -0.15) is 0 Å². The summed E-state index contributed by atoms with van der Waals surface area (Å²) in [6.07, 6.45) is 0. The maximum absolute atomic E-state index is 6.31. The third-order valence-electron chi connectivity index (χ3n) is 2.86. The predicted molar refractivity (Wildman–Crippen MR) is 81.0 cm³/mol. The van der Waals surface area contributed by atoms with Gasteiger partial charge in [-0.1, -0.05) is 36.2 Å². The summed E-state index contributed by atoms with van der Waals surface area (Å²) in [6, 6.07) is 7.83. The Hall–Kier alpha value is -0.540. The van der Waals surface area contributed by atoms with E-state index >= 15 is 0 Å². The molecule has 0 aliphatic heterocycles. The standard InChI is InChI=1S/C14H15Cl2NS/c1-3-17-13(14-9(2)7-8-18-14)12-10(15)5-4-6-11(12)16/h4-8,13,17H,3H2,1-2H3. The van der Waals surface area contributed by atoms with Crippen molar-refractivity contribution >= 4 is 34.5 Å². The van der Waals surface area contributed by atoms with Gasteiger partial charge in [-0.15, -0.1) is 11.3 Å². The molecular weight excluding hydrogens is 285 g/mol. The van der Waals surface area contributed by atoms with E-state index in [0.29, 0.717) is 10.0 Å². The highest BCUT2D eigenvalue weighted by Gasteiger charge is 2.21. The van der Waals surface area contributed by atoms with Gasteiger partial charge in [0.25, 0.3) is 0 Å². The molecule has 1 heterocycles. The first kappa shape index (κ1) is 13.9. The number of rotatable bonds is 4. The number of aryl methyl sites for hydroxylation is 1. The normalized spacial score (nSPS) is 12.7. The fourth-order valence-corrected chi connectivity index (χ4v) is 3.62. The van der Waals surface area contributed by atoms with Gasteiger partial charge in [0.05, 0.1) is 6.04 Å². The van der Waals surface area contributed by atoms with Crippen LogP contribution in [0.5, 0.6) is 0 Å². The molecule has 2 aromatic rings. The zero-order valence-corrected chi connectivity index (χ0v) is 12.7. The lowest BCUT2D eigenvalue weighted by Crippen LogP contribution is -2.22. The quantitative estimate of drug-likeness (QED) is 0.832. The Labute approximate surface area is 122 Å². The van der Waals surface area contributed by atoms with Gasteiger partial charge in [-0.3, -0.25) is 0 Å². The molecule has 0 amide bonds. The Morgan fingerprint density at radius 3 is 2.39 bits per heavy atom. The monoisotopic (exact) mass is 299 g/mol. The minimum atomic E-state index is 0.0659. The van der Waals surface area contributed by atoms with E-state index in [4.69, 9.17) is 23.2 Å². The zero-order valence-electron chi connectivity index (χ0n) is 10.3. The zero-order chi connectivity index (χ0) is 13.1. The van der Waals surface area contributed by atoms with E-state index < -0.39 is 0 Å². The number of hydrogen-bond acceptors (Lipinski definition) is 2. The largest absolute Gasteiger partial charge is 0.306 e. The van der Waals surface area contributed by atoms with Crippen LogP contribution in [0, 0.1) is 6.92 Å². The second-order valence-corrected chi connectivity index (χ2v) is 5.86. The van der Waals surface area contributed by atoms with E-state index in [1.165, 1.54) is 10.4 Å². The molecule has 0 radical (unpaired) electrons. The average Bonchev–Trinajstić information content (AvgIpc) is 2.74. The SMILES string of the molecule is CCNC(c1sccc1C)c1c(Cl)cccc1Cl. The second-order valence-electron chi connectivity index (χ2n) is 4.09. The van der Waals surface area contributed by atoms with Crippen molar-refractivity contribution in [2.75, 3.05) is 6.54 Å². The molecule has 96 valence electrons. The van der Waals surface area contributed by atoms with Crippen LogP contribution in [0.3, 0.4) is 0 Å². The molecule has 1 atom stereocenters. The second kappa shape index (κ2) is 6.07. The topological polar surface area (TPSA) is 12.0 Å². The highest BCUT2D eigenvalue weighted by atomic mass is 35.5. The van der Waals surface area contributed by atoms with Crippen molar-refractivity contribution < 1.29 is 0 Å². The first-order chi connectivity index (χ1) is 8.65. The summed E-state index contributed by atoms with van der Waals surface area (Å²) in [4.78, 5) is 1.27. The van der Waals surface area contributed by atoms with Gasteiger partial charge in [-0.05, 0) is 42.6 Å². The Morgan fingerprint density at radius 2 is 1.89 bits per heavy atom. The number of hydrogen-bond donors (Lipinski definition) is 1. The summed E-state index contributed by atoms with van der Waals surface area (Å²) in [5.41, 5.74) is 2.23. The molecule has 1 N–H and O–H groups in total. The maximum Gasteiger partial charge on any atom is 0.0703 e. The number of nitrogens with one attached hydrogen (secondary N) is 1. The molecule has 1 nitrogen and oxygen atoms in total. The maximum atomic E-state index is 6.31. The Morgan fingerprint density at radius 1 is 1.22 bits per heavy atom. The van der Waals surface area contributed by atoms with E-state index in [-0.39, 0.29) is 6.04 Å². The van der Waals surface area contributed by atoms with E-state index in [2.05, 4.69) is 30.6 Å². The minimum Gasteiger partial charge on any atom is -0.306 e. The molecule has 0 aliphatic carbocycles. The molecule has 0 saturated heterocycles. The average molecular weight is 300 g/mol. The van der Waals surface area contributed by atoms with Crippen LogP contribution in [0.4, 0.5) is 0 Å². The van der Waals surface area contributed by atoms with Gasteiger partial charge in [0, 0.05) is 20.5 Å². The molecule has 4 heteroatoms. The van der Waals surface area contributed by atoms with Crippen molar-refractivity contribution in [1.29, 1.82) is 0 Å². The minimum absolute atomic E-state index is 0.0659. The van der Waals surface area contributed by atoms with Crippen LogP contribution in [0.2, 0.25) is 10.0 Å². The lowest BCUT2D eigenvalue weighted by atomic mass is 10.0. The van der Waals surface area contributed by atoms with Crippen molar-refractivity contribution in [3.63, 3.8) is 0 Å². The van der Waals surface area contributed by atoms with Gasteiger partial charge in [0.15, 0.2) is 0 Å². The van der Waals surface area contributed by atoms with Crippen molar-refractivity contribution in [3.8, 4) is 0 Å². The van der Waals surface area contributed by atoms with E-state index in [1.807, 2.05) is 18.2 Å². The van der Waals surface area contributed by atoms with Crippen molar-refractivity contribution in [3.05, 3.63) is 55.7 Å². The summed E-state index contributed by atoms with van der Waals surface area (Å²) in [5, 5.41) is 6.98. The van der Waals surface area contributed by atoms with E-state index in [0.717, 1.165) is 12.1 Å². The molecule has 18 heavy (non-hydrogen) atoms. The van der Waals surface area contributed by atoms with Crippen LogP contribution < -0.4 is 5.32 Å². The third-order valence-corrected chi connectivity index (χ3v) is 4.60. The number of thiophene rings is 1. The molecule has 1 aromatic heterocycles. The van der Waals surface area contributed by atoms with Gasteiger partial charge < -0.3 is 5.32 Å². The van der Waals surface area contributed by atoms with Crippen molar-refractivity contribution in [1.82, 2.24) is 5.32 Å². The van der Waals surface area contributed by atoms with Crippen LogP contribution in [0.1, 0.15) is 29.0 Å². The molecule has 0 fully saturated rings. The smallest absolute Gasteiger partial charge is 0.0703 e. The van der Waals surface area contributed by atoms with Crippen LogP contribution in [0.15, 0.2) is 29.6 Å². The molecule has 2 rings (SSSR count). The summed E-state index contributed by atoms with van der Waals surface area (Å²) in [7, 11) is 0. The van der Waals surface area contributed by atoms with Gasteiger partial charge in [-0.25, -0.2) is 0 Å². The molecule has 1 aromatic carbocycles. The van der Waals surface area contributed by atoms with Gasteiger partial charge in [0.2, 0.25) is 0 Å². The van der Waals surface area contributed by atoms with Gasteiger partial charge in [0.1, 0.15) is 0 Å². The van der Waals surface area contributed by atoms with Gasteiger partial charge >= 0.3 is 0 Å². The summed E-state index contributed by atoms with van der Waals surface area (Å²) in [6.45, 7) is 5.06. The molecular formula is C14H15Cl2NS. The highest BCUT2D eigenvalue weighted by molar-refractivity contribution is 7.10. The molecule has 1 unspecified atom stereocenters. The first-order valence-electron chi connectivity index (χ1n) is 5.86. The van der Waals surface area contributed by atoms with Crippen molar-refractivity contribution in [2.24, 2.45) is 0 Å². The molecule has 0 bridgehead atoms. The summed E-state index contributed by atoms with van der Waals surface area (Å²) < 4.78 is 0. The summed E-state index contributed by atoms with van der Waals surface area (Å²) in [5.74, 6) is 0. The predicted octanol–water partition coefficient (Wildman–Crippen LogP) is 5.06. The van der Waals surface area contributed by atoms with Crippen LogP contribution in [0.25, 0.3) is 0 Å². The number of benzene rings is 1. The Kier molecular flexibility index (Phi) is 4.68. The van der Waals surface area contributed by atoms with Crippen LogP contribution in [-0.2, 0) is 0 Å². The van der Waals surface area contributed by atoms with Crippen molar-refractivity contribution in [2.45, 2.75) is 19.9 Å². The first-order valence-corrected chi connectivity index (χ1v) is 7.50. The molecule has 0 spiro atoms. The lowest BCUT2D eigenvalue weighted by Gasteiger charge is -2.20. The Balaban J connectivity index is 2.52. The van der Waals surface area contributed by atoms with Crippen LogP contribution in [-0.4, -0.2) is 6.54 Å². The lowest BCUT2D eigenvalue weighted by molar-refractivity contribution is 0.637. The van der Waals surface area contributed by atoms with Crippen LogP contribution >= 0.6 is 34.5 Å². The van der Waals surface area contributed by atoms with E-state index in [9.17, 15) is 0 Å². The van der Waals surface area contributed by atoms with E-state index in [1.54, 1.807) is 11.3 Å². The third kappa shape index (κ3) is 2.72.